The van der Waals surface area contributed by atoms with Gasteiger partial charge in [0.2, 0.25) is 0 Å². The summed E-state index contributed by atoms with van der Waals surface area (Å²) >= 11 is 5.94. The lowest BCUT2D eigenvalue weighted by atomic mass is 10.1. The van der Waals surface area contributed by atoms with Crippen LogP contribution in [0.4, 0.5) is 0 Å². The highest BCUT2D eigenvalue weighted by Gasteiger charge is 2.13. The van der Waals surface area contributed by atoms with Gasteiger partial charge in [-0.1, -0.05) is 11.6 Å². The van der Waals surface area contributed by atoms with E-state index in [1.54, 1.807) is 19.5 Å². The lowest BCUT2D eigenvalue weighted by molar-refractivity contribution is 0.413. The van der Waals surface area contributed by atoms with Gasteiger partial charge in [-0.2, -0.15) is 0 Å². The molecule has 0 unspecified atom stereocenters. The minimum Gasteiger partial charge on any atom is -0.491 e. The van der Waals surface area contributed by atoms with Crippen LogP contribution in [0.25, 0.3) is 11.3 Å². The van der Waals surface area contributed by atoms with Gasteiger partial charge in [-0.05, 0) is 18.6 Å². The number of rotatable bonds is 2. The molecule has 0 aliphatic heterocycles. The molecule has 2 heterocycles. The van der Waals surface area contributed by atoms with Gasteiger partial charge < -0.3 is 4.74 Å². The zero-order valence-electron chi connectivity index (χ0n) is 8.94. The summed E-state index contributed by atoms with van der Waals surface area (Å²) in [7, 11) is 1.54. The van der Waals surface area contributed by atoms with Crippen LogP contribution in [-0.2, 0) is 0 Å². The van der Waals surface area contributed by atoms with Crippen LogP contribution >= 0.6 is 11.6 Å². The molecule has 82 valence electrons. The van der Waals surface area contributed by atoms with E-state index >= 15 is 0 Å². The van der Waals surface area contributed by atoms with Gasteiger partial charge in [0.15, 0.2) is 10.9 Å². The van der Waals surface area contributed by atoms with E-state index in [2.05, 4.69) is 15.0 Å². The largest absolute Gasteiger partial charge is 0.491 e. The summed E-state index contributed by atoms with van der Waals surface area (Å²) in [6.07, 6.45) is 4.87. The number of hydrogen-bond donors (Lipinski definition) is 0. The predicted molar refractivity (Wildman–Crippen MR) is 61.6 cm³/mol. The van der Waals surface area contributed by atoms with E-state index in [9.17, 15) is 0 Å². The summed E-state index contributed by atoms with van der Waals surface area (Å²) in [6.45, 7) is 1.98. The Morgan fingerprint density at radius 1 is 1.31 bits per heavy atom. The number of halogens is 1. The molecule has 4 nitrogen and oxygen atoms in total. The van der Waals surface area contributed by atoms with E-state index in [1.165, 1.54) is 6.33 Å². The highest BCUT2D eigenvalue weighted by molar-refractivity contribution is 6.31. The van der Waals surface area contributed by atoms with Crippen molar-refractivity contribution in [1.82, 2.24) is 15.0 Å². The van der Waals surface area contributed by atoms with Gasteiger partial charge in [-0.3, -0.25) is 4.98 Å². The maximum Gasteiger partial charge on any atom is 0.182 e. The monoisotopic (exact) mass is 235 g/mol. The summed E-state index contributed by atoms with van der Waals surface area (Å²) in [5, 5.41) is 0.302. The fraction of sp³-hybridized carbons (Fsp3) is 0.182. The van der Waals surface area contributed by atoms with Crippen molar-refractivity contribution in [2.24, 2.45) is 0 Å². The summed E-state index contributed by atoms with van der Waals surface area (Å²) in [4.78, 5) is 12.1. The number of aromatic nitrogens is 3. The van der Waals surface area contributed by atoms with Crippen molar-refractivity contribution in [2.75, 3.05) is 7.11 Å². The number of aryl methyl sites for hydroxylation is 1. The van der Waals surface area contributed by atoms with Crippen LogP contribution in [0.2, 0.25) is 5.15 Å². The molecule has 0 N–H and O–H groups in total. The second kappa shape index (κ2) is 4.45. The zero-order valence-corrected chi connectivity index (χ0v) is 9.69. The Balaban J connectivity index is 2.65. The Labute approximate surface area is 98.3 Å². The van der Waals surface area contributed by atoms with Crippen LogP contribution < -0.4 is 4.74 Å². The first kappa shape index (κ1) is 10.8. The van der Waals surface area contributed by atoms with E-state index in [0.29, 0.717) is 16.6 Å². The third-order valence-corrected chi connectivity index (χ3v) is 2.53. The van der Waals surface area contributed by atoms with E-state index in [-0.39, 0.29) is 0 Å². The number of hydrogen-bond acceptors (Lipinski definition) is 4. The van der Waals surface area contributed by atoms with Crippen molar-refractivity contribution in [3.05, 3.63) is 35.5 Å². The predicted octanol–water partition coefficient (Wildman–Crippen LogP) is 2.51. The van der Waals surface area contributed by atoms with Gasteiger partial charge in [0.25, 0.3) is 0 Å². The molecule has 0 fully saturated rings. The highest BCUT2D eigenvalue weighted by Crippen LogP contribution is 2.33. The van der Waals surface area contributed by atoms with Crippen LogP contribution in [0.3, 0.4) is 0 Å². The molecular weight excluding hydrogens is 226 g/mol. The molecule has 0 spiro atoms. The van der Waals surface area contributed by atoms with Crippen molar-refractivity contribution in [3.8, 4) is 17.0 Å². The summed E-state index contributed by atoms with van der Waals surface area (Å²) in [5.41, 5.74) is 2.61. The lowest BCUT2D eigenvalue weighted by Gasteiger charge is -2.09. The molecule has 0 aliphatic carbocycles. The van der Waals surface area contributed by atoms with Crippen LogP contribution in [0.1, 0.15) is 5.56 Å². The van der Waals surface area contributed by atoms with Crippen LogP contribution in [0.15, 0.2) is 24.8 Å². The minimum absolute atomic E-state index is 0.302. The SMILES string of the molecule is COc1c(Cl)ncnc1-c1cnccc1C. The molecule has 0 aromatic carbocycles. The average Bonchev–Trinajstić information content (AvgIpc) is 2.29. The van der Waals surface area contributed by atoms with E-state index < -0.39 is 0 Å². The molecule has 2 rings (SSSR count). The van der Waals surface area contributed by atoms with E-state index in [1.807, 2.05) is 13.0 Å². The topological polar surface area (TPSA) is 47.9 Å². The average molecular weight is 236 g/mol. The Hall–Kier alpha value is -1.68. The van der Waals surface area contributed by atoms with Crippen molar-refractivity contribution >= 4 is 11.6 Å². The maximum atomic E-state index is 5.94. The van der Waals surface area contributed by atoms with E-state index in [0.717, 1.165) is 11.1 Å². The molecule has 0 saturated carbocycles. The van der Waals surface area contributed by atoms with E-state index in [4.69, 9.17) is 16.3 Å². The zero-order chi connectivity index (χ0) is 11.5. The maximum absolute atomic E-state index is 5.94. The third-order valence-electron chi connectivity index (χ3n) is 2.26. The molecular formula is C11H10ClN3O. The van der Waals surface area contributed by atoms with Crippen LogP contribution in [0.5, 0.6) is 5.75 Å². The lowest BCUT2D eigenvalue weighted by Crippen LogP contribution is -1.96. The molecule has 0 saturated heterocycles. The minimum atomic E-state index is 0.302. The molecule has 0 aliphatic rings. The molecule has 0 amide bonds. The fourth-order valence-electron chi connectivity index (χ4n) is 1.44. The molecule has 0 atom stereocenters. The summed E-state index contributed by atoms with van der Waals surface area (Å²) < 4.78 is 5.20. The molecule has 16 heavy (non-hydrogen) atoms. The molecule has 2 aromatic heterocycles. The van der Waals surface area contributed by atoms with Crippen molar-refractivity contribution in [2.45, 2.75) is 6.92 Å². The quantitative estimate of drug-likeness (QED) is 0.751. The molecule has 0 radical (unpaired) electrons. The first-order chi connectivity index (χ1) is 7.74. The van der Waals surface area contributed by atoms with Crippen molar-refractivity contribution in [3.63, 3.8) is 0 Å². The summed E-state index contributed by atoms with van der Waals surface area (Å²) in [6, 6.07) is 1.91. The fourth-order valence-corrected chi connectivity index (χ4v) is 1.65. The Bertz CT molecular complexity index is 516. The number of nitrogens with zero attached hydrogens (tertiary/aromatic N) is 3. The van der Waals surface area contributed by atoms with Crippen LogP contribution in [-0.4, -0.2) is 22.1 Å². The Morgan fingerprint density at radius 3 is 2.81 bits per heavy atom. The number of methoxy groups -OCH3 is 1. The molecule has 2 aromatic rings. The highest BCUT2D eigenvalue weighted by atomic mass is 35.5. The smallest absolute Gasteiger partial charge is 0.182 e. The number of ether oxygens (including phenoxy) is 1. The molecule has 0 bridgehead atoms. The second-order valence-corrected chi connectivity index (χ2v) is 3.59. The first-order valence-corrected chi connectivity index (χ1v) is 5.07. The standard InChI is InChI=1S/C11H10ClN3O/c1-7-3-4-13-5-8(7)9-10(16-2)11(12)15-6-14-9/h3-6H,1-2H3. The third kappa shape index (κ3) is 1.84. The number of pyridine rings is 1. The van der Waals surface area contributed by atoms with Gasteiger partial charge in [0.1, 0.15) is 12.0 Å². The van der Waals surface area contributed by atoms with Gasteiger partial charge in [0, 0.05) is 18.0 Å². The van der Waals surface area contributed by atoms with Crippen molar-refractivity contribution in [1.29, 1.82) is 0 Å². The van der Waals surface area contributed by atoms with Gasteiger partial charge in [-0.25, -0.2) is 9.97 Å². The van der Waals surface area contributed by atoms with Crippen LogP contribution in [0, 0.1) is 6.92 Å². The first-order valence-electron chi connectivity index (χ1n) is 4.69. The Kier molecular flexibility index (Phi) is 3.01. The Morgan fingerprint density at radius 2 is 2.12 bits per heavy atom. The summed E-state index contributed by atoms with van der Waals surface area (Å²) in [5.74, 6) is 0.472. The van der Waals surface area contributed by atoms with Gasteiger partial charge in [-0.15, -0.1) is 0 Å². The molecule has 5 heteroatoms. The van der Waals surface area contributed by atoms with Gasteiger partial charge in [0.05, 0.1) is 7.11 Å². The van der Waals surface area contributed by atoms with Gasteiger partial charge >= 0.3 is 0 Å². The normalized spacial score (nSPS) is 10.2. The van der Waals surface area contributed by atoms with Crippen molar-refractivity contribution < 1.29 is 4.74 Å². The second-order valence-electron chi connectivity index (χ2n) is 3.24.